The Morgan fingerprint density at radius 1 is 1.08 bits per heavy atom. The van der Waals surface area contributed by atoms with Crippen molar-refractivity contribution in [1.29, 1.82) is 0 Å². The van der Waals surface area contributed by atoms with Gasteiger partial charge in [-0.2, -0.15) is 0 Å². The van der Waals surface area contributed by atoms with Gasteiger partial charge >= 0.3 is 0 Å². The molecule has 3 aliphatic rings. The lowest BCUT2D eigenvalue weighted by molar-refractivity contribution is -0.142. The molecule has 5 heteroatoms. The van der Waals surface area contributed by atoms with Crippen LogP contribution >= 0.6 is 0 Å². The number of carbonyl (C=O) groups excluding carboxylic acids is 1. The van der Waals surface area contributed by atoms with Crippen LogP contribution in [0.5, 0.6) is 0 Å². The molecule has 5 nitrogen and oxygen atoms in total. The molecule has 2 heterocycles. The first-order chi connectivity index (χ1) is 11.4. The van der Waals surface area contributed by atoms with Crippen molar-refractivity contribution in [3.05, 3.63) is 0 Å². The highest BCUT2D eigenvalue weighted by Crippen LogP contribution is 2.47. The summed E-state index contributed by atoms with van der Waals surface area (Å²) in [5, 5.41) is 10.7. The first kappa shape index (κ1) is 18.2. The van der Waals surface area contributed by atoms with E-state index in [1.165, 1.54) is 0 Å². The minimum absolute atomic E-state index is 0.185. The predicted octanol–water partition coefficient (Wildman–Crippen LogP) is 1.89. The van der Waals surface area contributed by atoms with Gasteiger partial charge in [-0.1, -0.05) is 0 Å². The molecule has 0 aromatic rings. The highest BCUT2D eigenvalue weighted by molar-refractivity contribution is 5.79. The Kier molecular flexibility index (Phi) is 5.52. The fourth-order valence-corrected chi connectivity index (χ4v) is 4.90. The highest BCUT2D eigenvalue weighted by Gasteiger charge is 2.44. The maximum atomic E-state index is 12.7. The maximum absolute atomic E-state index is 12.7. The van der Waals surface area contributed by atoms with E-state index < -0.39 is 5.60 Å². The van der Waals surface area contributed by atoms with Gasteiger partial charge in [0.15, 0.2) is 0 Å². The number of carbonyl (C=O) groups is 1. The molecular weight excluding hydrogens is 304 g/mol. The molecule has 0 aromatic carbocycles. The number of aliphatic hydroxyl groups is 1. The molecule has 0 unspecified atom stereocenters. The largest absolute Gasteiger partial charge is 0.389 e. The van der Waals surface area contributed by atoms with E-state index in [0.29, 0.717) is 11.3 Å². The van der Waals surface area contributed by atoms with Gasteiger partial charge in [0, 0.05) is 38.8 Å². The zero-order chi connectivity index (χ0) is 17.2. The van der Waals surface area contributed by atoms with Gasteiger partial charge in [-0.15, -0.1) is 0 Å². The van der Waals surface area contributed by atoms with Gasteiger partial charge in [0.25, 0.3) is 0 Å². The van der Waals surface area contributed by atoms with Crippen LogP contribution < -0.4 is 0 Å². The number of rotatable bonds is 3. The van der Waals surface area contributed by atoms with Crippen LogP contribution in [-0.2, 0) is 9.53 Å². The molecule has 1 N–H and O–H groups in total. The van der Waals surface area contributed by atoms with E-state index in [0.717, 1.165) is 84.2 Å². The number of hydrogen-bond donors (Lipinski definition) is 1. The second kappa shape index (κ2) is 7.30. The Hall–Kier alpha value is -0.650. The lowest BCUT2D eigenvalue weighted by atomic mass is 9.64. The fourth-order valence-electron chi connectivity index (χ4n) is 4.90. The molecule has 3 fully saturated rings. The third kappa shape index (κ3) is 4.12. The van der Waals surface area contributed by atoms with Crippen LogP contribution in [0.25, 0.3) is 0 Å². The summed E-state index contributed by atoms with van der Waals surface area (Å²) in [5.41, 5.74) is -0.144. The Bertz CT molecular complexity index is 428. The number of hydrogen-bond acceptors (Lipinski definition) is 4. The quantitative estimate of drug-likeness (QED) is 0.854. The Balaban J connectivity index is 1.49. The number of likely N-dealkylation sites (tertiary alicyclic amines) is 1. The number of piperidine rings is 1. The van der Waals surface area contributed by atoms with E-state index in [9.17, 15) is 9.90 Å². The standard InChI is InChI=1S/C19H34N2O3/c1-20(2)15-19(23)7-5-18(6-8-19)9-11-21(12-10-18)17(22)16-3-13-24-14-4-16/h16,23H,3-15H2,1-2H3. The summed E-state index contributed by atoms with van der Waals surface area (Å²) in [7, 11) is 4.06. The van der Waals surface area contributed by atoms with Gasteiger partial charge in [0.2, 0.25) is 5.91 Å². The lowest BCUT2D eigenvalue weighted by Gasteiger charge is -2.49. The Morgan fingerprint density at radius 3 is 2.21 bits per heavy atom. The minimum Gasteiger partial charge on any atom is -0.389 e. The van der Waals surface area contributed by atoms with E-state index >= 15 is 0 Å². The smallest absolute Gasteiger partial charge is 0.225 e. The van der Waals surface area contributed by atoms with Gasteiger partial charge in [-0.05, 0) is 70.9 Å². The topological polar surface area (TPSA) is 53.0 Å². The van der Waals surface area contributed by atoms with E-state index in [1.807, 2.05) is 14.1 Å². The molecule has 1 aliphatic carbocycles. The molecule has 0 bridgehead atoms. The zero-order valence-corrected chi connectivity index (χ0v) is 15.4. The predicted molar refractivity (Wildman–Crippen MR) is 93.8 cm³/mol. The molecule has 138 valence electrons. The van der Waals surface area contributed by atoms with Crippen molar-refractivity contribution in [2.45, 2.75) is 57.0 Å². The summed E-state index contributed by atoms with van der Waals surface area (Å²) in [6, 6.07) is 0. The molecule has 2 saturated heterocycles. The van der Waals surface area contributed by atoms with Crippen LogP contribution in [-0.4, -0.2) is 73.4 Å². The number of ether oxygens (including phenoxy) is 1. The number of amides is 1. The van der Waals surface area contributed by atoms with Crippen LogP contribution in [0.15, 0.2) is 0 Å². The molecule has 1 saturated carbocycles. The minimum atomic E-state index is -0.510. The van der Waals surface area contributed by atoms with Gasteiger partial charge in [0.05, 0.1) is 5.60 Å². The summed E-state index contributed by atoms with van der Waals surface area (Å²) >= 11 is 0. The molecule has 3 rings (SSSR count). The zero-order valence-electron chi connectivity index (χ0n) is 15.4. The molecule has 0 atom stereocenters. The molecule has 0 aromatic heterocycles. The molecule has 2 aliphatic heterocycles. The molecular formula is C19H34N2O3. The monoisotopic (exact) mass is 338 g/mol. The maximum Gasteiger partial charge on any atom is 0.225 e. The number of likely N-dealkylation sites (N-methyl/N-ethyl adjacent to an activating group) is 1. The van der Waals surface area contributed by atoms with Crippen LogP contribution in [0.1, 0.15) is 51.4 Å². The van der Waals surface area contributed by atoms with Crippen LogP contribution in [0.4, 0.5) is 0 Å². The van der Waals surface area contributed by atoms with E-state index in [4.69, 9.17) is 4.74 Å². The average Bonchev–Trinajstić information content (AvgIpc) is 2.58. The van der Waals surface area contributed by atoms with Crippen molar-refractivity contribution in [2.24, 2.45) is 11.3 Å². The van der Waals surface area contributed by atoms with Gasteiger partial charge in [-0.3, -0.25) is 4.79 Å². The molecule has 0 radical (unpaired) electrons. The van der Waals surface area contributed by atoms with Crippen LogP contribution in [0.2, 0.25) is 0 Å². The third-order valence-corrected chi connectivity index (χ3v) is 6.56. The van der Waals surface area contributed by atoms with Crippen LogP contribution in [0, 0.1) is 11.3 Å². The number of nitrogens with zero attached hydrogens (tertiary/aromatic N) is 2. The van der Waals surface area contributed by atoms with Crippen molar-refractivity contribution in [3.63, 3.8) is 0 Å². The molecule has 1 amide bonds. The summed E-state index contributed by atoms with van der Waals surface area (Å²) in [6.07, 6.45) is 8.02. The van der Waals surface area contributed by atoms with Gasteiger partial charge < -0.3 is 19.6 Å². The second-order valence-electron chi connectivity index (χ2n) is 8.67. The summed E-state index contributed by atoms with van der Waals surface area (Å²) in [6.45, 7) is 4.04. The van der Waals surface area contributed by atoms with Crippen molar-refractivity contribution in [2.75, 3.05) is 46.9 Å². The first-order valence-corrected chi connectivity index (χ1v) is 9.65. The highest BCUT2D eigenvalue weighted by atomic mass is 16.5. The summed E-state index contributed by atoms with van der Waals surface area (Å²) in [5.74, 6) is 0.539. The van der Waals surface area contributed by atoms with Crippen molar-refractivity contribution in [1.82, 2.24) is 9.80 Å². The van der Waals surface area contributed by atoms with Crippen molar-refractivity contribution < 1.29 is 14.6 Å². The third-order valence-electron chi connectivity index (χ3n) is 6.56. The van der Waals surface area contributed by atoms with E-state index in [-0.39, 0.29) is 5.92 Å². The lowest BCUT2D eigenvalue weighted by Crippen LogP contribution is -2.50. The molecule has 1 spiro atoms. The normalized spacial score (nSPS) is 27.6. The molecule has 24 heavy (non-hydrogen) atoms. The summed E-state index contributed by atoms with van der Waals surface area (Å²) < 4.78 is 5.38. The van der Waals surface area contributed by atoms with E-state index in [1.54, 1.807) is 0 Å². The first-order valence-electron chi connectivity index (χ1n) is 9.65. The Morgan fingerprint density at radius 2 is 1.67 bits per heavy atom. The average molecular weight is 338 g/mol. The Labute approximate surface area is 146 Å². The summed E-state index contributed by atoms with van der Waals surface area (Å²) in [4.78, 5) is 16.9. The van der Waals surface area contributed by atoms with Gasteiger partial charge in [0.1, 0.15) is 0 Å². The van der Waals surface area contributed by atoms with Crippen molar-refractivity contribution >= 4 is 5.91 Å². The van der Waals surface area contributed by atoms with Crippen molar-refractivity contribution in [3.8, 4) is 0 Å². The second-order valence-corrected chi connectivity index (χ2v) is 8.67. The fraction of sp³-hybridized carbons (Fsp3) is 0.947. The SMILES string of the molecule is CN(C)CC1(O)CCC2(CCN(C(=O)C3CCOCC3)CC2)CC1. The van der Waals surface area contributed by atoms with Crippen LogP contribution in [0.3, 0.4) is 0 Å². The van der Waals surface area contributed by atoms with E-state index in [2.05, 4.69) is 9.80 Å². The van der Waals surface area contributed by atoms with Gasteiger partial charge in [-0.25, -0.2) is 0 Å².